The maximum Gasteiger partial charge on any atom is 0.231 e. The summed E-state index contributed by atoms with van der Waals surface area (Å²) >= 11 is 1.79. The number of benzene rings is 1. The van der Waals surface area contributed by atoms with Gasteiger partial charge in [0.05, 0.1) is 36.8 Å². The van der Waals surface area contributed by atoms with Gasteiger partial charge in [-0.25, -0.2) is 4.98 Å². The minimum Gasteiger partial charge on any atom is -0.438 e. The molecule has 6 nitrogen and oxygen atoms in total. The molecule has 154 valence electrons. The lowest BCUT2D eigenvalue weighted by atomic mass is 9.89. The van der Waals surface area contributed by atoms with E-state index in [0.29, 0.717) is 29.7 Å². The zero-order valence-corrected chi connectivity index (χ0v) is 17.9. The number of hydrogen-bond acceptors (Lipinski definition) is 7. The third-order valence-corrected chi connectivity index (χ3v) is 6.96. The Labute approximate surface area is 180 Å². The first kappa shape index (κ1) is 19.4. The van der Waals surface area contributed by atoms with Crippen LogP contribution in [-0.4, -0.2) is 41.2 Å². The van der Waals surface area contributed by atoms with Gasteiger partial charge >= 0.3 is 0 Å². The molecule has 1 aliphatic carbocycles. The summed E-state index contributed by atoms with van der Waals surface area (Å²) in [6.07, 6.45) is 3.31. The van der Waals surface area contributed by atoms with Gasteiger partial charge in [0.2, 0.25) is 5.88 Å². The van der Waals surface area contributed by atoms with Gasteiger partial charge in [0.25, 0.3) is 0 Å². The number of fused-ring (bicyclic) bond motifs is 3. The summed E-state index contributed by atoms with van der Waals surface area (Å²) in [7, 11) is 0. The normalized spacial score (nSPS) is 19.4. The number of rotatable bonds is 4. The van der Waals surface area contributed by atoms with Gasteiger partial charge in [-0.1, -0.05) is 13.0 Å². The predicted octanol–water partition coefficient (Wildman–Crippen LogP) is 4.31. The molecule has 0 unspecified atom stereocenters. The molecular weight excluding hydrogens is 396 g/mol. The topological polar surface area (TPSA) is 71.3 Å². The number of thiophene rings is 1. The highest BCUT2D eigenvalue weighted by atomic mass is 32.1. The molecule has 0 radical (unpaired) electrons. The molecule has 30 heavy (non-hydrogen) atoms. The van der Waals surface area contributed by atoms with Crippen molar-refractivity contribution in [2.45, 2.75) is 32.7 Å². The van der Waals surface area contributed by atoms with Crippen molar-refractivity contribution in [1.82, 2.24) is 14.9 Å². The second kappa shape index (κ2) is 8.31. The van der Waals surface area contributed by atoms with Crippen LogP contribution in [0.4, 0.5) is 0 Å². The van der Waals surface area contributed by atoms with Crippen LogP contribution in [0.1, 0.15) is 35.2 Å². The van der Waals surface area contributed by atoms with E-state index in [0.717, 1.165) is 55.2 Å². The van der Waals surface area contributed by atoms with Gasteiger partial charge in [-0.15, -0.1) is 11.3 Å². The average Bonchev–Trinajstić information content (AvgIpc) is 3.12. The summed E-state index contributed by atoms with van der Waals surface area (Å²) in [5, 5.41) is 10.3. The molecule has 0 N–H and O–H groups in total. The van der Waals surface area contributed by atoms with Gasteiger partial charge in [0, 0.05) is 18.0 Å². The Balaban J connectivity index is 1.56. The molecule has 1 saturated heterocycles. The Morgan fingerprint density at radius 3 is 3.00 bits per heavy atom. The summed E-state index contributed by atoms with van der Waals surface area (Å²) in [5.74, 6) is 2.73. The molecule has 0 amide bonds. The van der Waals surface area contributed by atoms with Gasteiger partial charge in [-0.3, -0.25) is 4.90 Å². The van der Waals surface area contributed by atoms with Crippen molar-refractivity contribution in [3.05, 3.63) is 46.1 Å². The predicted molar refractivity (Wildman–Crippen MR) is 116 cm³/mol. The highest BCUT2D eigenvalue weighted by Crippen LogP contribution is 2.42. The fraction of sp³-hybridized carbons (Fsp3) is 0.435. The number of morpholine rings is 1. The first-order chi connectivity index (χ1) is 14.7. The molecule has 2 aromatic heterocycles. The Morgan fingerprint density at radius 1 is 1.30 bits per heavy atom. The quantitative estimate of drug-likeness (QED) is 0.626. The first-order valence-corrected chi connectivity index (χ1v) is 11.3. The third-order valence-electron chi connectivity index (χ3n) is 5.81. The van der Waals surface area contributed by atoms with E-state index in [2.05, 4.69) is 17.9 Å². The van der Waals surface area contributed by atoms with E-state index < -0.39 is 0 Å². The Hall–Kier alpha value is -2.53. The first-order valence-electron chi connectivity index (χ1n) is 10.5. The van der Waals surface area contributed by atoms with Crippen LogP contribution >= 0.6 is 11.3 Å². The molecule has 0 bridgehead atoms. The van der Waals surface area contributed by atoms with Crippen molar-refractivity contribution in [1.29, 1.82) is 5.26 Å². The van der Waals surface area contributed by atoms with Crippen LogP contribution in [0, 0.1) is 17.2 Å². The summed E-state index contributed by atoms with van der Waals surface area (Å²) in [6.45, 7) is 6.27. The molecule has 1 atom stereocenters. The molecule has 0 spiro atoms. The Morgan fingerprint density at radius 2 is 2.17 bits per heavy atom. The molecule has 1 aliphatic heterocycles. The van der Waals surface area contributed by atoms with E-state index in [1.54, 1.807) is 23.5 Å². The van der Waals surface area contributed by atoms with Crippen molar-refractivity contribution in [2.24, 2.45) is 5.92 Å². The third kappa shape index (κ3) is 3.91. The van der Waals surface area contributed by atoms with E-state index in [1.165, 1.54) is 16.9 Å². The molecular formula is C23H24N4O2S. The molecule has 1 aromatic carbocycles. The van der Waals surface area contributed by atoms with E-state index in [-0.39, 0.29) is 0 Å². The number of aryl methyl sites for hydroxylation is 1. The van der Waals surface area contributed by atoms with Crippen LogP contribution in [0.5, 0.6) is 11.6 Å². The fourth-order valence-corrected chi connectivity index (χ4v) is 5.59. The maximum atomic E-state index is 9.23. The SMILES string of the molecule is C[C@H]1CCc2c(sc3nc(CN4CCOCC4)nc(Oc4cccc(C#N)c4)c23)C1. The van der Waals surface area contributed by atoms with Crippen LogP contribution in [0.2, 0.25) is 0 Å². The smallest absolute Gasteiger partial charge is 0.231 e. The number of ether oxygens (including phenoxy) is 2. The number of aromatic nitrogens is 2. The zero-order chi connectivity index (χ0) is 20.5. The largest absolute Gasteiger partial charge is 0.438 e. The summed E-state index contributed by atoms with van der Waals surface area (Å²) in [6, 6.07) is 9.43. The van der Waals surface area contributed by atoms with E-state index in [9.17, 15) is 5.26 Å². The van der Waals surface area contributed by atoms with Crippen LogP contribution in [0.25, 0.3) is 10.2 Å². The summed E-state index contributed by atoms with van der Waals surface area (Å²) in [4.78, 5) is 14.5. The standard InChI is InChI=1S/C23H24N4O2S/c1-15-5-6-18-19(11-15)30-23-21(18)22(29-17-4-2-3-16(12-17)13-24)25-20(26-23)14-27-7-9-28-10-8-27/h2-4,12,15H,5-11,14H2,1H3/t15-/m0/s1. The fourth-order valence-electron chi connectivity index (χ4n) is 4.20. The van der Waals surface area contributed by atoms with Crippen molar-refractivity contribution >= 4 is 21.6 Å². The molecule has 0 saturated carbocycles. The monoisotopic (exact) mass is 420 g/mol. The minimum absolute atomic E-state index is 0.576. The highest BCUT2D eigenvalue weighted by molar-refractivity contribution is 7.18. The van der Waals surface area contributed by atoms with Crippen molar-refractivity contribution in [3.8, 4) is 17.7 Å². The van der Waals surface area contributed by atoms with Crippen LogP contribution < -0.4 is 4.74 Å². The van der Waals surface area contributed by atoms with E-state index in [4.69, 9.17) is 19.4 Å². The summed E-state index contributed by atoms with van der Waals surface area (Å²) < 4.78 is 11.7. The van der Waals surface area contributed by atoms with Crippen molar-refractivity contribution < 1.29 is 9.47 Å². The molecule has 3 heterocycles. The van der Waals surface area contributed by atoms with Gasteiger partial charge in [0.15, 0.2) is 0 Å². The second-order valence-corrected chi connectivity index (χ2v) is 9.19. The van der Waals surface area contributed by atoms with Crippen LogP contribution in [0.15, 0.2) is 24.3 Å². The molecule has 1 fully saturated rings. The minimum atomic E-state index is 0.576. The highest BCUT2D eigenvalue weighted by Gasteiger charge is 2.25. The number of hydrogen-bond donors (Lipinski definition) is 0. The lowest BCUT2D eigenvalue weighted by Crippen LogP contribution is -2.36. The zero-order valence-electron chi connectivity index (χ0n) is 17.1. The van der Waals surface area contributed by atoms with Crippen LogP contribution in [0.3, 0.4) is 0 Å². The van der Waals surface area contributed by atoms with E-state index >= 15 is 0 Å². The van der Waals surface area contributed by atoms with Crippen molar-refractivity contribution in [3.63, 3.8) is 0 Å². The number of nitrogens with zero attached hydrogens (tertiary/aromatic N) is 4. The average molecular weight is 421 g/mol. The van der Waals surface area contributed by atoms with E-state index in [1.807, 2.05) is 12.1 Å². The summed E-state index contributed by atoms with van der Waals surface area (Å²) in [5.41, 5.74) is 1.92. The molecule has 2 aliphatic rings. The molecule has 7 heteroatoms. The Bertz CT molecular complexity index is 1110. The maximum absolute atomic E-state index is 9.23. The van der Waals surface area contributed by atoms with Gasteiger partial charge in [-0.05, 0) is 48.9 Å². The number of nitriles is 1. The van der Waals surface area contributed by atoms with Crippen molar-refractivity contribution in [2.75, 3.05) is 26.3 Å². The molecule has 3 aromatic rings. The molecule has 5 rings (SSSR count). The Kier molecular flexibility index (Phi) is 5.38. The van der Waals surface area contributed by atoms with Gasteiger partial charge in [-0.2, -0.15) is 10.2 Å². The van der Waals surface area contributed by atoms with Gasteiger partial charge in [0.1, 0.15) is 16.4 Å². The van der Waals surface area contributed by atoms with Gasteiger partial charge < -0.3 is 9.47 Å². The van der Waals surface area contributed by atoms with Crippen LogP contribution in [-0.2, 0) is 24.1 Å². The lowest BCUT2D eigenvalue weighted by molar-refractivity contribution is 0.0330. The lowest BCUT2D eigenvalue weighted by Gasteiger charge is -2.25. The second-order valence-electron chi connectivity index (χ2n) is 8.11.